The highest BCUT2D eigenvalue weighted by Crippen LogP contribution is 2.09. The first-order chi connectivity index (χ1) is 2.73. The van der Waals surface area contributed by atoms with Crippen molar-refractivity contribution in [2.75, 3.05) is 0 Å². The molecule has 0 fully saturated rings. The third kappa shape index (κ3) is 0.301. The van der Waals surface area contributed by atoms with Gasteiger partial charge < -0.3 is 0 Å². The van der Waals surface area contributed by atoms with E-state index < -0.39 is 0 Å². The molecule has 0 unspecified atom stereocenters. The molecule has 0 aliphatic carbocycles. The average Bonchev–Trinajstić information content (AvgIpc) is 1.94. The van der Waals surface area contributed by atoms with Crippen molar-refractivity contribution in [2.24, 2.45) is 0 Å². The van der Waals surface area contributed by atoms with Crippen molar-refractivity contribution in [3.05, 3.63) is 15.8 Å². The molecule has 0 saturated carbocycles. The predicted octanol–water partition coefficient (Wildman–Crippen LogP) is 0.520. The summed E-state index contributed by atoms with van der Waals surface area (Å²) in [7, 11) is 0. The quantitative estimate of drug-likeness (QED) is 0.470. The fourth-order valence-electron chi connectivity index (χ4n) is 0.246. The van der Waals surface area contributed by atoms with Gasteiger partial charge in [-0.15, -0.1) is 12.6 Å². The summed E-state index contributed by atoms with van der Waals surface area (Å²) in [6.07, 6.45) is 0. The van der Waals surface area contributed by atoms with Crippen LogP contribution in [0.5, 0.6) is 0 Å². The van der Waals surface area contributed by atoms with Crippen LogP contribution in [0.25, 0.3) is 0 Å². The van der Waals surface area contributed by atoms with E-state index in [0.717, 1.165) is 5.56 Å². The molecule has 0 aliphatic heterocycles. The Kier molecular flexibility index (Phi) is 0.575. The molecule has 2 heteroatoms. The molecule has 1 aromatic rings. The Labute approximate surface area is 41.1 Å². The molecule has 0 aliphatic rings. The Morgan fingerprint density at radius 3 is 1.83 bits per heavy atom. The number of rotatable bonds is 0. The molecule has 6 heavy (non-hydrogen) atoms. The van der Waals surface area contributed by atoms with E-state index in [4.69, 9.17) is 0 Å². The minimum absolute atomic E-state index is 0.123. The summed E-state index contributed by atoms with van der Waals surface area (Å²) in [5.41, 5.74) is 0.941. The maximum atomic E-state index is 10.1. The van der Waals surface area contributed by atoms with Crippen LogP contribution in [0.3, 0.4) is 0 Å². The highest BCUT2D eigenvalue weighted by molar-refractivity contribution is 7.80. The second-order valence-electron chi connectivity index (χ2n) is 1.30. The van der Waals surface area contributed by atoms with E-state index in [0.29, 0.717) is 4.90 Å². The van der Waals surface area contributed by atoms with Crippen LogP contribution in [0, 0.1) is 6.92 Å². The average molecular weight is 100 g/mol. The molecule has 0 N–H and O–H groups in total. The summed E-state index contributed by atoms with van der Waals surface area (Å²) in [6, 6.07) is 0. The normalized spacial score (nSPS) is 10.3. The first-order valence-corrected chi connectivity index (χ1v) is 2.12. The fourth-order valence-corrected chi connectivity index (χ4v) is 0.459. The van der Waals surface area contributed by atoms with Crippen LogP contribution < -0.4 is 5.43 Å². The van der Waals surface area contributed by atoms with E-state index in [9.17, 15) is 4.79 Å². The van der Waals surface area contributed by atoms with E-state index in [2.05, 4.69) is 12.6 Å². The minimum atomic E-state index is 0.123. The predicted molar refractivity (Wildman–Crippen MR) is 27.1 cm³/mol. The Morgan fingerprint density at radius 2 is 1.83 bits per heavy atom. The zero-order valence-electron chi connectivity index (χ0n) is 3.36. The van der Waals surface area contributed by atoms with E-state index in [-0.39, 0.29) is 5.43 Å². The molecule has 0 heterocycles. The molecule has 1 rings (SSSR count). The van der Waals surface area contributed by atoms with E-state index in [1.165, 1.54) is 0 Å². The van der Waals surface area contributed by atoms with Crippen LogP contribution in [-0.4, -0.2) is 0 Å². The van der Waals surface area contributed by atoms with Gasteiger partial charge in [-0.25, -0.2) is 0 Å². The van der Waals surface area contributed by atoms with Gasteiger partial charge in [0, 0.05) is 5.56 Å². The van der Waals surface area contributed by atoms with Crippen LogP contribution in [0.4, 0.5) is 0 Å². The third-order valence-electron chi connectivity index (χ3n) is 0.848. The van der Waals surface area contributed by atoms with Gasteiger partial charge in [0.2, 0.25) is 0 Å². The van der Waals surface area contributed by atoms with E-state index >= 15 is 0 Å². The molecule has 0 spiro atoms. The number of hydrogen-bond donors (Lipinski definition) is 1. The largest absolute Gasteiger partial charge is 0.288 e. The third-order valence-corrected chi connectivity index (χ3v) is 1.39. The molecule has 1 nitrogen and oxygen atoms in total. The monoisotopic (exact) mass is 100.0 g/mol. The first kappa shape index (κ1) is 3.93. The molecular weight excluding hydrogens is 96.1 g/mol. The van der Waals surface area contributed by atoms with Crippen LogP contribution in [0.1, 0.15) is 5.56 Å². The standard InChI is InChI=1S/C4H4OS/c1-2-3(5)4(2)6/h6H,1H3. The zero-order valence-corrected chi connectivity index (χ0v) is 4.25. The molecule has 0 radical (unpaired) electrons. The molecular formula is C4H4OS. The summed E-state index contributed by atoms with van der Waals surface area (Å²) in [5.74, 6) is 0. The van der Waals surface area contributed by atoms with Gasteiger partial charge in [-0.3, -0.25) is 4.79 Å². The molecule has 0 aromatic heterocycles. The van der Waals surface area contributed by atoms with Crippen molar-refractivity contribution >= 4 is 12.6 Å². The Hall–Kier alpha value is -0.240. The van der Waals surface area contributed by atoms with Crippen molar-refractivity contribution in [3.8, 4) is 0 Å². The molecule has 1 aromatic carbocycles. The summed E-state index contributed by atoms with van der Waals surface area (Å²) >= 11 is 3.80. The maximum Gasteiger partial charge on any atom is 0.196 e. The van der Waals surface area contributed by atoms with E-state index in [1.807, 2.05) is 0 Å². The Morgan fingerprint density at radius 1 is 1.67 bits per heavy atom. The highest BCUT2D eigenvalue weighted by atomic mass is 32.1. The van der Waals surface area contributed by atoms with Crippen molar-refractivity contribution in [2.45, 2.75) is 11.8 Å². The second-order valence-corrected chi connectivity index (χ2v) is 1.75. The van der Waals surface area contributed by atoms with Crippen LogP contribution in [-0.2, 0) is 0 Å². The van der Waals surface area contributed by atoms with Crippen molar-refractivity contribution in [1.82, 2.24) is 0 Å². The van der Waals surface area contributed by atoms with Gasteiger partial charge in [0.25, 0.3) is 0 Å². The SMILES string of the molecule is Cc1c(S)c1=O. The van der Waals surface area contributed by atoms with Gasteiger partial charge in [0.05, 0.1) is 4.90 Å². The number of hydrogen-bond acceptors (Lipinski definition) is 2. The molecule has 32 valence electrons. The van der Waals surface area contributed by atoms with Crippen molar-refractivity contribution in [1.29, 1.82) is 0 Å². The van der Waals surface area contributed by atoms with Crippen molar-refractivity contribution in [3.63, 3.8) is 0 Å². The Balaban J connectivity index is 3.11. The van der Waals surface area contributed by atoms with Crippen LogP contribution in [0.15, 0.2) is 9.69 Å². The first-order valence-electron chi connectivity index (χ1n) is 1.68. The second kappa shape index (κ2) is 0.877. The molecule has 0 atom stereocenters. The molecule has 0 bridgehead atoms. The smallest absolute Gasteiger partial charge is 0.196 e. The molecule has 0 amide bonds. The van der Waals surface area contributed by atoms with Crippen LogP contribution >= 0.6 is 12.6 Å². The van der Waals surface area contributed by atoms with E-state index in [1.54, 1.807) is 6.92 Å². The summed E-state index contributed by atoms with van der Waals surface area (Å²) in [4.78, 5) is 10.7. The summed E-state index contributed by atoms with van der Waals surface area (Å²) < 4.78 is 0. The summed E-state index contributed by atoms with van der Waals surface area (Å²) in [6.45, 7) is 1.77. The number of thiol groups is 1. The highest BCUT2D eigenvalue weighted by Gasteiger charge is 2.10. The van der Waals surface area contributed by atoms with Gasteiger partial charge in [0.1, 0.15) is 0 Å². The van der Waals surface area contributed by atoms with Gasteiger partial charge in [-0.2, -0.15) is 0 Å². The maximum absolute atomic E-state index is 10.1. The van der Waals surface area contributed by atoms with Gasteiger partial charge in [0.15, 0.2) is 5.43 Å². The van der Waals surface area contributed by atoms with Crippen LogP contribution in [0.2, 0.25) is 0 Å². The Bertz CT molecular complexity index is 154. The van der Waals surface area contributed by atoms with Gasteiger partial charge in [-0.05, 0) is 6.92 Å². The molecule has 0 saturated heterocycles. The lowest BCUT2D eigenvalue weighted by molar-refractivity contribution is 1.60. The lowest BCUT2D eigenvalue weighted by Gasteiger charge is -1.49. The van der Waals surface area contributed by atoms with Gasteiger partial charge in [-0.1, -0.05) is 0 Å². The van der Waals surface area contributed by atoms with Crippen molar-refractivity contribution < 1.29 is 0 Å². The fraction of sp³-hybridized carbons (Fsp3) is 0.250. The topological polar surface area (TPSA) is 17.1 Å². The summed E-state index contributed by atoms with van der Waals surface area (Å²) in [5, 5.41) is 0. The lowest BCUT2D eigenvalue weighted by Crippen LogP contribution is -1.70. The zero-order chi connectivity index (χ0) is 4.73. The lowest BCUT2D eigenvalue weighted by atomic mass is 10.6. The minimum Gasteiger partial charge on any atom is -0.288 e. The van der Waals surface area contributed by atoms with Gasteiger partial charge >= 0.3 is 0 Å².